The van der Waals surface area contributed by atoms with Crippen LogP contribution in [0.5, 0.6) is 0 Å². The van der Waals surface area contributed by atoms with Gasteiger partial charge < -0.3 is 5.32 Å². The van der Waals surface area contributed by atoms with Gasteiger partial charge in [0.1, 0.15) is 12.4 Å². The van der Waals surface area contributed by atoms with Gasteiger partial charge in [0.15, 0.2) is 0 Å². The summed E-state index contributed by atoms with van der Waals surface area (Å²) in [5.41, 5.74) is 0.953. The largest absolute Gasteiger partial charge is 0.309 e. The van der Waals surface area contributed by atoms with E-state index in [9.17, 15) is 4.79 Å². The summed E-state index contributed by atoms with van der Waals surface area (Å²) < 4.78 is 0. The average molecular weight is 303 g/mol. The predicted molar refractivity (Wildman–Crippen MR) is 77.7 cm³/mol. The number of H-pyrrole nitrogens is 1. The van der Waals surface area contributed by atoms with Crippen LogP contribution in [-0.2, 0) is 17.8 Å². The lowest BCUT2D eigenvalue weighted by molar-refractivity contribution is -0.117. The summed E-state index contributed by atoms with van der Waals surface area (Å²) in [5, 5.41) is 23.3. The second kappa shape index (κ2) is 5.83. The Morgan fingerprint density at radius 3 is 3.19 bits per heavy atom. The lowest BCUT2D eigenvalue weighted by Crippen LogP contribution is -2.21. The normalized spacial score (nSPS) is 10.7. The molecule has 0 atom stereocenters. The number of carbonyl (C=O) groups is 1. The van der Waals surface area contributed by atoms with Crippen LogP contribution in [0.25, 0.3) is 10.7 Å². The number of hydrogen-bond acceptors (Lipinski definition) is 6. The maximum atomic E-state index is 12.0. The number of nitrogens with zero attached hydrogens (tertiary/aromatic N) is 5. The molecule has 0 aliphatic carbocycles. The molecular weight excluding hydrogens is 290 g/mol. The number of anilines is 1. The molecule has 3 heterocycles. The molecule has 0 aromatic carbocycles. The Morgan fingerprint density at radius 1 is 1.52 bits per heavy atom. The van der Waals surface area contributed by atoms with Gasteiger partial charge in [-0.1, -0.05) is 13.0 Å². The molecule has 9 heteroatoms. The highest BCUT2D eigenvalue weighted by molar-refractivity contribution is 7.13. The van der Waals surface area contributed by atoms with Gasteiger partial charge in [0.05, 0.1) is 11.1 Å². The van der Waals surface area contributed by atoms with Gasteiger partial charge in [-0.05, 0) is 23.1 Å². The minimum absolute atomic E-state index is 0.000545. The first kappa shape index (κ1) is 13.4. The number of amides is 1. The van der Waals surface area contributed by atoms with Crippen LogP contribution in [-0.4, -0.2) is 36.3 Å². The Bertz CT molecular complexity index is 730. The average Bonchev–Trinajstić information content (AvgIpc) is 3.19. The first-order chi connectivity index (χ1) is 10.3. The number of hydrogen-bond donors (Lipinski definition) is 2. The number of carbonyl (C=O) groups excluding carboxylic acids is 1. The second-order valence-electron chi connectivity index (χ2n) is 4.29. The van der Waals surface area contributed by atoms with Crippen LogP contribution >= 0.6 is 11.3 Å². The molecule has 0 fully saturated rings. The summed E-state index contributed by atoms with van der Waals surface area (Å²) in [5.74, 6) is 0.902. The van der Waals surface area contributed by atoms with E-state index in [4.69, 9.17) is 0 Å². The Labute approximate surface area is 124 Å². The molecule has 21 heavy (non-hydrogen) atoms. The molecule has 0 aliphatic heterocycles. The molecule has 3 rings (SSSR count). The number of tetrazole rings is 1. The highest BCUT2D eigenvalue weighted by Crippen LogP contribution is 2.19. The molecule has 0 aliphatic rings. The minimum atomic E-state index is -0.232. The van der Waals surface area contributed by atoms with Gasteiger partial charge in [0, 0.05) is 5.56 Å². The Morgan fingerprint density at radius 2 is 2.43 bits per heavy atom. The van der Waals surface area contributed by atoms with Crippen molar-refractivity contribution in [2.45, 2.75) is 19.9 Å². The van der Waals surface area contributed by atoms with Gasteiger partial charge in [-0.25, -0.2) is 0 Å². The monoisotopic (exact) mass is 303 g/mol. The fourth-order valence-electron chi connectivity index (χ4n) is 1.81. The van der Waals surface area contributed by atoms with Crippen LogP contribution in [0.2, 0.25) is 0 Å². The van der Waals surface area contributed by atoms with Gasteiger partial charge >= 0.3 is 0 Å². The Kier molecular flexibility index (Phi) is 3.73. The predicted octanol–water partition coefficient (Wildman–Crippen LogP) is 1.33. The summed E-state index contributed by atoms with van der Waals surface area (Å²) in [4.78, 5) is 14.1. The molecule has 1 amide bonds. The SMILES string of the molecule is CCc1cn[nH]c1NC(=O)Cn1nnc(-c2cccs2)n1. The molecule has 0 spiro atoms. The van der Waals surface area contributed by atoms with E-state index in [0.717, 1.165) is 16.9 Å². The Hall–Kier alpha value is -2.55. The van der Waals surface area contributed by atoms with Crippen LogP contribution in [0.3, 0.4) is 0 Å². The summed E-state index contributed by atoms with van der Waals surface area (Å²) in [6, 6.07) is 3.82. The molecular formula is C12H13N7OS. The zero-order valence-corrected chi connectivity index (χ0v) is 12.1. The van der Waals surface area contributed by atoms with E-state index in [2.05, 4.69) is 30.9 Å². The van der Waals surface area contributed by atoms with E-state index in [1.165, 1.54) is 16.1 Å². The van der Waals surface area contributed by atoms with Crippen molar-refractivity contribution >= 4 is 23.1 Å². The van der Waals surface area contributed by atoms with E-state index >= 15 is 0 Å². The highest BCUT2D eigenvalue weighted by atomic mass is 32.1. The lowest BCUT2D eigenvalue weighted by atomic mass is 10.2. The van der Waals surface area contributed by atoms with E-state index in [1.807, 2.05) is 24.4 Å². The molecule has 0 unspecified atom stereocenters. The lowest BCUT2D eigenvalue weighted by Gasteiger charge is -2.03. The van der Waals surface area contributed by atoms with Crippen molar-refractivity contribution in [3.63, 3.8) is 0 Å². The first-order valence-electron chi connectivity index (χ1n) is 6.40. The van der Waals surface area contributed by atoms with Gasteiger partial charge in [0.25, 0.3) is 0 Å². The van der Waals surface area contributed by atoms with E-state index in [-0.39, 0.29) is 12.5 Å². The molecule has 0 saturated heterocycles. The van der Waals surface area contributed by atoms with Crippen LogP contribution in [0.1, 0.15) is 12.5 Å². The van der Waals surface area contributed by atoms with Crippen molar-refractivity contribution < 1.29 is 4.79 Å². The number of rotatable bonds is 5. The number of aryl methyl sites for hydroxylation is 1. The van der Waals surface area contributed by atoms with Gasteiger partial charge in [-0.2, -0.15) is 9.90 Å². The summed E-state index contributed by atoms with van der Waals surface area (Å²) in [6.45, 7) is 1.99. The first-order valence-corrected chi connectivity index (χ1v) is 7.28. The van der Waals surface area contributed by atoms with Crippen molar-refractivity contribution in [2.24, 2.45) is 0 Å². The summed E-state index contributed by atoms with van der Waals surface area (Å²) in [6.07, 6.45) is 2.48. The fraction of sp³-hybridized carbons (Fsp3) is 0.250. The smallest absolute Gasteiger partial charge is 0.249 e. The third-order valence-electron chi connectivity index (χ3n) is 2.84. The third-order valence-corrected chi connectivity index (χ3v) is 3.71. The van der Waals surface area contributed by atoms with Crippen molar-refractivity contribution in [3.8, 4) is 10.7 Å². The van der Waals surface area contributed by atoms with Gasteiger partial charge in [-0.15, -0.1) is 21.5 Å². The molecule has 0 bridgehead atoms. The number of nitrogens with one attached hydrogen (secondary N) is 2. The second-order valence-corrected chi connectivity index (χ2v) is 5.24. The van der Waals surface area contributed by atoms with Gasteiger partial charge in [0.2, 0.25) is 11.7 Å². The molecule has 0 radical (unpaired) electrons. The Balaban J connectivity index is 1.65. The molecule has 0 saturated carbocycles. The van der Waals surface area contributed by atoms with Crippen molar-refractivity contribution in [2.75, 3.05) is 5.32 Å². The van der Waals surface area contributed by atoms with Crippen LogP contribution in [0.15, 0.2) is 23.7 Å². The molecule has 3 aromatic heterocycles. The van der Waals surface area contributed by atoms with E-state index in [1.54, 1.807) is 6.20 Å². The van der Waals surface area contributed by atoms with Crippen molar-refractivity contribution in [3.05, 3.63) is 29.3 Å². The third kappa shape index (κ3) is 2.97. The minimum Gasteiger partial charge on any atom is -0.309 e. The number of thiophene rings is 1. The quantitative estimate of drug-likeness (QED) is 0.740. The van der Waals surface area contributed by atoms with Crippen LogP contribution < -0.4 is 5.32 Å². The van der Waals surface area contributed by atoms with Crippen LogP contribution in [0, 0.1) is 0 Å². The topological polar surface area (TPSA) is 101 Å². The molecule has 108 valence electrons. The molecule has 8 nitrogen and oxygen atoms in total. The zero-order chi connectivity index (χ0) is 14.7. The maximum Gasteiger partial charge on any atom is 0.249 e. The van der Waals surface area contributed by atoms with Gasteiger partial charge in [-0.3, -0.25) is 9.89 Å². The molecule has 2 N–H and O–H groups in total. The van der Waals surface area contributed by atoms with Crippen LogP contribution in [0.4, 0.5) is 5.82 Å². The van der Waals surface area contributed by atoms with E-state index < -0.39 is 0 Å². The maximum absolute atomic E-state index is 12.0. The van der Waals surface area contributed by atoms with E-state index in [0.29, 0.717) is 11.6 Å². The zero-order valence-electron chi connectivity index (χ0n) is 11.3. The molecule has 3 aromatic rings. The van der Waals surface area contributed by atoms with Crippen molar-refractivity contribution in [1.29, 1.82) is 0 Å². The van der Waals surface area contributed by atoms with Crippen molar-refractivity contribution in [1.82, 2.24) is 30.4 Å². The standard InChI is InChI=1S/C12H13N7OS/c1-2-8-6-13-15-11(8)14-10(20)7-19-17-12(16-18-19)9-4-3-5-21-9/h3-6H,2,7H2,1H3,(H2,13,14,15,20). The summed E-state index contributed by atoms with van der Waals surface area (Å²) >= 11 is 1.52. The highest BCUT2D eigenvalue weighted by Gasteiger charge is 2.12. The number of aromatic nitrogens is 6. The number of aromatic amines is 1. The summed E-state index contributed by atoms with van der Waals surface area (Å²) in [7, 11) is 0. The fourth-order valence-corrected chi connectivity index (χ4v) is 2.46.